The second-order valence-corrected chi connectivity index (χ2v) is 25.4. The zero-order valence-corrected chi connectivity index (χ0v) is 56.0. The summed E-state index contributed by atoms with van der Waals surface area (Å²) in [5.41, 5.74) is 14.5. The molecule has 0 amide bonds. The van der Waals surface area contributed by atoms with Crippen LogP contribution in [-0.4, -0.2) is 53.2 Å². The molecule has 0 radical (unpaired) electrons. The van der Waals surface area contributed by atoms with Gasteiger partial charge in [0.05, 0.1) is 64.7 Å². The van der Waals surface area contributed by atoms with Crippen molar-refractivity contribution < 1.29 is 20.6 Å². The average molecular weight is 1370 g/mol. The highest BCUT2D eigenvalue weighted by Gasteiger charge is 2.23. The van der Waals surface area contributed by atoms with Gasteiger partial charge in [0, 0.05) is 99.7 Å². The van der Waals surface area contributed by atoms with Gasteiger partial charge >= 0.3 is 0 Å². The zero-order chi connectivity index (χ0) is 83.1. The van der Waals surface area contributed by atoms with Gasteiger partial charge in [0.2, 0.25) is 0 Å². The van der Waals surface area contributed by atoms with Crippen LogP contribution in [0.25, 0.3) is 190 Å². The lowest BCUT2D eigenvalue weighted by molar-refractivity contribution is 1.05. The van der Waals surface area contributed by atoms with Crippen molar-refractivity contribution in [3.8, 4) is 102 Å². The van der Waals surface area contributed by atoms with Crippen molar-refractivity contribution in [3.05, 3.63) is 370 Å². The highest BCUT2D eigenvalue weighted by atomic mass is 15.1. The minimum absolute atomic E-state index is 0.00528. The molecule has 0 atom stereocenters. The van der Waals surface area contributed by atoms with Crippen molar-refractivity contribution in [2.75, 3.05) is 0 Å². The summed E-state index contributed by atoms with van der Waals surface area (Å²) in [6.45, 7) is 0. The fourth-order valence-electron chi connectivity index (χ4n) is 14.5. The summed E-state index contributed by atoms with van der Waals surface area (Å²) in [6.07, 6.45) is 1.53. The molecule has 0 bridgehead atoms. The third-order valence-electron chi connectivity index (χ3n) is 19.3. The van der Waals surface area contributed by atoms with Crippen LogP contribution >= 0.6 is 0 Å². The Bertz CT molecular complexity index is 7700. The van der Waals surface area contributed by atoms with Gasteiger partial charge < -0.3 is 13.7 Å². The average Bonchev–Trinajstić information content (AvgIpc) is 1.55. The first-order valence-corrected chi connectivity index (χ1v) is 34.3. The molecular weight excluding hydrogens is 1300 g/mol. The van der Waals surface area contributed by atoms with E-state index in [-0.39, 0.29) is 52.1 Å². The molecule has 106 heavy (non-hydrogen) atoms. The van der Waals surface area contributed by atoms with E-state index in [2.05, 4.69) is 161 Å². The Morgan fingerprint density at radius 2 is 0.472 bits per heavy atom. The Balaban J connectivity index is 0.000000154. The minimum Gasteiger partial charge on any atom is -0.309 e. The first kappa shape index (κ1) is 47.5. The van der Waals surface area contributed by atoms with Crippen LogP contribution in [0.4, 0.5) is 0 Å². The molecule has 7 heterocycles. The molecule has 0 aliphatic rings. The third kappa shape index (κ3) is 10.7. The van der Waals surface area contributed by atoms with E-state index >= 15 is 0 Å². The van der Waals surface area contributed by atoms with Gasteiger partial charge in [-0.1, -0.05) is 254 Å². The largest absolute Gasteiger partial charge is 0.309 e. The molecule has 7 aromatic heterocycles. The van der Waals surface area contributed by atoms with Crippen LogP contribution in [-0.2, 0) is 0 Å². The van der Waals surface area contributed by atoms with Crippen molar-refractivity contribution in [3.63, 3.8) is 0 Å². The number of nitrogens with zero attached hydrogens (tertiary/aromatic N) is 11. The summed E-state index contributed by atoms with van der Waals surface area (Å²) in [7, 11) is 0. The number of para-hydroxylation sites is 6. The summed E-state index contributed by atoms with van der Waals surface area (Å²) >= 11 is 0. The molecule has 496 valence electrons. The summed E-state index contributed by atoms with van der Waals surface area (Å²) in [6, 6.07) is 84.3. The van der Waals surface area contributed by atoms with Gasteiger partial charge in [-0.3, -0.25) is 4.57 Å². The van der Waals surface area contributed by atoms with Crippen LogP contribution < -0.4 is 0 Å². The lowest BCUT2D eigenvalue weighted by Crippen LogP contribution is -2.01. The van der Waals surface area contributed by atoms with Gasteiger partial charge in [-0.15, -0.1) is 0 Å². The smallest absolute Gasteiger partial charge is 0.165 e. The van der Waals surface area contributed by atoms with Crippen molar-refractivity contribution in [2.45, 2.75) is 0 Å². The van der Waals surface area contributed by atoms with Crippen molar-refractivity contribution in [1.82, 2.24) is 53.2 Å². The van der Waals surface area contributed by atoms with Crippen LogP contribution in [0, 0.1) is 0 Å². The van der Waals surface area contributed by atoms with Crippen LogP contribution in [0.5, 0.6) is 0 Å². The van der Waals surface area contributed by atoms with Crippen LogP contribution in [0.2, 0.25) is 0 Å². The van der Waals surface area contributed by atoms with Crippen LogP contribution in [0.15, 0.2) is 370 Å². The fraction of sp³-hybridized carbons (Fsp3) is 0. The maximum atomic E-state index is 8.75. The first-order chi connectivity index (χ1) is 58.8. The highest BCUT2D eigenvalue weighted by Crippen LogP contribution is 2.43. The van der Waals surface area contributed by atoms with E-state index in [1.807, 2.05) is 133 Å². The topological polar surface area (TPSA) is 110 Å². The van der Waals surface area contributed by atoms with E-state index in [1.165, 1.54) is 11.6 Å². The molecule has 0 unspecified atom stereocenters. The molecule has 21 aromatic rings. The highest BCUT2D eigenvalue weighted by molar-refractivity contribution is 6.20. The van der Waals surface area contributed by atoms with E-state index in [9.17, 15) is 0 Å². The maximum Gasteiger partial charge on any atom is 0.165 e. The normalized spacial score (nSPS) is 13.6. The molecule has 0 N–H and O–H groups in total. The molecule has 0 aliphatic heterocycles. The second kappa shape index (κ2) is 25.8. The predicted octanol–water partition coefficient (Wildman–Crippen LogP) is 23.2. The number of benzene rings is 14. The lowest BCUT2D eigenvalue weighted by Gasteiger charge is -2.11. The molecular formula is C95H61N11. The van der Waals surface area contributed by atoms with E-state index in [1.54, 1.807) is 12.1 Å². The lowest BCUT2D eigenvalue weighted by atomic mass is 10.0. The molecule has 0 aliphatic carbocycles. The molecule has 21 rings (SSSR count). The molecule has 11 nitrogen and oxygen atoms in total. The number of hydrogen-bond donors (Lipinski definition) is 0. The Morgan fingerprint density at radius 1 is 0.198 bits per heavy atom. The number of pyridine rings is 1. The number of rotatable bonds is 11. The van der Waals surface area contributed by atoms with Crippen LogP contribution in [0.3, 0.4) is 0 Å². The van der Waals surface area contributed by atoms with Gasteiger partial charge in [-0.25, -0.2) is 34.9 Å². The van der Waals surface area contributed by atoms with E-state index < -0.39 is 78.6 Å². The van der Waals surface area contributed by atoms with Crippen LogP contribution in [0.1, 0.15) is 20.6 Å². The van der Waals surface area contributed by atoms with Gasteiger partial charge in [0.1, 0.15) is 5.82 Å². The van der Waals surface area contributed by atoms with E-state index in [0.29, 0.717) is 34.2 Å². The van der Waals surface area contributed by atoms with Crippen molar-refractivity contribution >= 4 is 87.2 Å². The quantitative estimate of drug-likeness (QED) is 0.127. The fourth-order valence-corrected chi connectivity index (χ4v) is 14.5. The van der Waals surface area contributed by atoms with E-state index in [0.717, 1.165) is 110 Å². The summed E-state index contributed by atoms with van der Waals surface area (Å²) in [4.78, 5) is 32.8. The van der Waals surface area contributed by atoms with Gasteiger partial charge in [0.15, 0.2) is 34.9 Å². The molecule has 11 heteroatoms. The number of aromatic nitrogens is 11. The minimum atomic E-state index is -0.614. The van der Waals surface area contributed by atoms with E-state index in [4.69, 9.17) is 40.5 Å². The molecule has 14 aromatic carbocycles. The molecule has 0 saturated heterocycles. The summed E-state index contributed by atoms with van der Waals surface area (Å²) in [5, 5.41) is 8.80. The summed E-state index contributed by atoms with van der Waals surface area (Å²) < 4.78 is 135. The van der Waals surface area contributed by atoms with Gasteiger partial charge in [-0.2, -0.15) is 0 Å². The Hall–Kier alpha value is -14.6. The molecule has 0 spiro atoms. The SMILES string of the molecule is [2H]c1c([2H])c([2H])c(-c2nc(-c3ccc(-c4ccccc4)cc3)nc(-c3ccc(-n4c5ccccc5c5cc6c(cc54)c4ccccc4n6-c4ccccc4)cc3)n2)c([2H])c1[2H].[2H]c1c([2H])c([2H])c(-c2nc(-c3ccc(-n4c5ccccc5c5cc6c(cc54)c4ccccc4n6-c4ccccc4)nc3)nc(-c3c([2H])c([2H])c([2H])c([2H])c3[2H])n2)c([2H])c1[2H]. The van der Waals surface area contributed by atoms with Gasteiger partial charge in [-0.05, 0) is 120 Å². The maximum absolute atomic E-state index is 8.75. The Kier molecular flexibility index (Phi) is 11.6. The monoisotopic (exact) mass is 1370 g/mol. The van der Waals surface area contributed by atoms with Crippen molar-refractivity contribution in [1.29, 1.82) is 0 Å². The molecule has 0 fully saturated rings. The van der Waals surface area contributed by atoms with Crippen molar-refractivity contribution in [2.24, 2.45) is 0 Å². The predicted molar refractivity (Wildman–Crippen MR) is 433 cm³/mol. The third-order valence-corrected chi connectivity index (χ3v) is 19.3. The first-order valence-electron chi connectivity index (χ1n) is 41.8. The Labute approximate surface area is 630 Å². The number of fused-ring (bicyclic) bond motifs is 12. The zero-order valence-electron chi connectivity index (χ0n) is 71.0. The second-order valence-electron chi connectivity index (χ2n) is 25.4. The Morgan fingerprint density at radius 3 is 0.840 bits per heavy atom. The molecule has 0 saturated carbocycles. The van der Waals surface area contributed by atoms with Gasteiger partial charge in [0.25, 0.3) is 0 Å². The standard InChI is InChI=1S/C51H33N5.C44H28N6/c1-4-14-34(15-5-1)35-24-26-37(27-25-35)50-52-49(36-16-6-2-7-17-36)53-51(54-50)38-28-30-40(31-29-38)56-46-23-13-11-21-42(46)44-32-47-43(33-48(44)56)41-20-10-12-22-45(41)55(47)39-18-8-3-9-19-39;1-4-14-29(15-5-1)42-46-43(30-16-6-2-7-17-30)48-44(47-42)31-24-25-41(45-28-31)50-38-23-13-11-21-34(38)36-26-39-35(27-40(36)50)33-20-10-12-22-37(33)49(39)32-18-8-3-9-19-32/h1-33H;1-28H/i2D,6D,7D,16D,17D;1D,2D,4D,5D,6D,7D,14D,15D,16D,17D. The number of hydrogen-bond acceptors (Lipinski definition) is 7. The summed E-state index contributed by atoms with van der Waals surface area (Å²) in [5.74, 6) is 0.439.